The summed E-state index contributed by atoms with van der Waals surface area (Å²) in [7, 11) is 1.62. The molecular formula is C20H24N7O3+. The summed E-state index contributed by atoms with van der Waals surface area (Å²) in [5.41, 5.74) is 9.02. The Bertz CT molecular complexity index is 1230. The fourth-order valence-corrected chi connectivity index (χ4v) is 3.69. The maximum Gasteiger partial charge on any atom is 0.277 e. The van der Waals surface area contributed by atoms with Crippen LogP contribution in [0.1, 0.15) is 23.2 Å². The van der Waals surface area contributed by atoms with Gasteiger partial charge in [-0.1, -0.05) is 0 Å². The number of rotatable bonds is 7. The molecule has 3 aromatic heterocycles. The number of H-pyrrole nitrogens is 1. The highest BCUT2D eigenvalue weighted by molar-refractivity contribution is 5.98. The highest BCUT2D eigenvalue weighted by Crippen LogP contribution is 2.21. The molecule has 0 bridgehead atoms. The highest BCUT2D eigenvalue weighted by Gasteiger charge is 2.25. The molecule has 0 radical (unpaired) electrons. The first-order valence-corrected chi connectivity index (χ1v) is 9.66. The number of carbonyl (C=O) groups is 1. The van der Waals surface area contributed by atoms with Gasteiger partial charge >= 0.3 is 0 Å². The number of aliphatic hydroxyl groups excluding tert-OH is 1. The van der Waals surface area contributed by atoms with Gasteiger partial charge in [0.25, 0.3) is 11.7 Å². The molecule has 4 rings (SSSR count). The first-order chi connectivity index (χ1) is 14.6. The van der Waals surface area contributed by atoms with Crippen molar-refractivity contribution in [2.75, 3.05) is 19.5 Å². The third-order valence-corrected chi connectivity index (χ3v) is 5.06. The second-order valence-electron chi connectivity index (χ2n) is 6.74. The third kappa shape index (κ3) is 3.30. The van der Waals surface area contributed by atoms with Crippen LogP contribution in [0.5, 0.6) is 5.75 Å². The monoisotopic (exact) mass is 410 g/mol. The number of aromatic amines is 1. The molecule has 0 aliphatic rings. The summed E-state index contributed by atoms with van der Waals surface area (Å²) in [5, 5.41) is 12.5. The van der Waals surface area contributed by atoms with Crippen molar-refractivity contribution in [3.8, 4) is 5.75 Å². The van der Waals surface area contributed by atoms with Crippen molar-refractivity contribution in [3.05, 3.63) is 42.0 Å². The van der Waals surface area contributed by atoms with Gasteiger partial charge in [0.05, 0.1) is 20.3 Å². The summed E-state index contributed by atoms with van der Waals surface area (Å²) >= 11 is 0. The van der Waals surface area contributed by atoms with Crippen LogP contribution in [0.25, 0.3) is 22.2 Å². The van der Waals surface area contributed by atoms with Crippen molar-refractivity contribution < 1.29 is 19.2 Å². The summed E-state index contributed by atoms with van der Waals surface area (Å²) in [4.78, 5) is 24.2. The van der Waals surface area contributed by atoms with Crippen molar-refractivity contribution in [1.82, 2.24) is 24.8 Å². The van der Waals surface area contributed by atoms with Gasteiger partial charge in [0.2, 0.25) is 0 Å². The maximum absolute atomic E-state index is 12.8. The number of benzene rings is 1. The van der Waals surface area contributed by atoms with E-state index in [9.17, 15) is 9.90 Å². The zero-order valence-electron chi connectivity index (χ0n) is 16.8. The van der Waals surface area contributed by atoms with E-state index in [1.165, 1.54) is 0 Å². The Morgan fingerprint density at radius 2 is 2.20 bits per heavy atom. The van der Waals surface area contributed by atoms with Crippen molar-refractivity contribution >= 4 is 33.9 Å². The molecular weight excluding hydrogens is 386 g/mol. The number of nitrogen functional groups attached to an aromatic ring is 1. The average Bonchev–Trinajstić information content (AvgIpc) is 3.32. The molecule has 5 N–H and O–H groups in total. The van der Waals surface area contributed by atoms with Crippen molar-refractivity contribution in [1.29, 1.82) is 0 Å². The average molecular weight is 410 g/mol. The van der Waals surface area contributed by atoms with Gasteiger partial charge in [0.1, 0.15) is 24.4 Å². The Kier molecular flexibility index (Phi) is 5.23. The van der Waals surface area contributed by atoms with Gasteiger partial charge in [-0.05, 0) is 25.1 Å². The number of imidazole rings is 1. The molecule has 10 heteroatoms. The lowest BCUT2D eigenvalue weighted by Gasteiger charge is -2.07. The molecule has 0 saturated heterocycles. The number of nitrogens with one attached hydrogen (secondary N) is 2. The first kappa shape index (κ1) is 19.6. The zero-order valence-corrected chi connectivity index (χ0v) is 16.8. The minimum absolute atomic E-state index is 0.0248. The Morgan fingerprint density at radius 1 is 1.37 bits per heavy atom. The zero-order chi connectivity index (χ0) is 21.3. The van der Waals surface area contributed by atoms with E-state index >= 15 is 0 Å². The molecule has 10 nitrogen and oxygen atoms in total. The number of hydrogen-bond acceptors (Lipinski definition) is 6. The van der Waals surface area contributed by atoms with Crippen molar-refractivity contribution in [3.63, 3.8) is 0 Å². The van der Waals surface area contributed by atoms with E-state index < -0.39 is 5.91 Å². The quantitative estimate of drug-likeness (QED) is 0.332. The van der Waals surface area contributed by atoms with Gasteiger partial charge in [0, 0.05) is 12.3 Å². The highest BCUT2D eigenvalue weighted by atomic mass is 16.5. The van der Waals surface area contributed by atoms with E-state index in [4.69, 9.17) is 10.5 Å². The number of aliphatic hydroxyl groups is 1. The van der Waals surface area contributed by atoms with Crippen LogP contribution in [0.3, 0.4) is 0 Å². The molecule has 30 heavy (non-hydrogen) atoms. The fraction of sp³-hybridized carbons (Fsp3) is 0.300. The SMILES string of the molecule is CCn1c(CNC(=O)c2nc3cc[nH]c3nc2N)[n+](CCO)c2ccc(OC)cc21. The molecule has 4 aromatic rings. The van der Waals surface area contributed by atoms with Crippen LogP contribution >= 0.6 is 0 Å². The Labute approximate surface area is 172 Å². The lowest BCUT2D eigenvalue weighted by Crippen LogP contribution is -2.42. The lowest BCUT2D eigenvalue weighted by molar-refractivity contribution is -0.681. The van der Waals surface area contributed by atoms with E-state index in [0.717, 1.165) is 22.6 Å². The van der Waals surface area contributed by atoms with Crippen LogP contribution in [0.2, 0.25) is 0 Å². The van der Waals surface area contributed by atoms with Gasteiger partial charge in [-0.2, -0.15) is 0 Å². The van der Waals surface area contributed by atoms with Crippen LogP contribution in [-0.4, -0.2) is 44.2 Å². The number of carbonyl (C=O) groups excluding carboxylic acids is 1. The van der Waals surface area contributed by atoms with Gasteiger partial charge in [-0.3, -0.25) is 4.79 Å². The first-order valence-electron chi connectivity index (χ1n) is 9.66. The summed E-state index contributed by atoms with van der Waals surface area (Å²) in [6.07, 6.45) is 1.69. The van der Waals surface area contributed by atoms with Crippen LogP contribution in [-0.2, 0) is 19.6 Å². The Hall–Kier alpha value is -3.66. The molecule has 0 aliphatic carbocycles. The molecule has 3 heterocycles. The molecule has 0 unspecified atom stereocenters. The maximum atomic E-state index is 12.8. The molecule has 0 aliphatic heterocycles. The minimum atomic E-state index is -0.413. The van der Waals surface area contributed by atoms with Crippen LogP contribution < -0.4 is 20.4 Å². The molecule has 156 valence electrons. The summed E-state index contributed by atoms with van der Waals surface area (Å²) in [6, 6.07) is 7.50. The van der Waals surface area contributed by atoms with Crippen molar-refractivity contribution in [2.45, 2.75) is 26.6 Å². The van der Waals surface area contributed by atoms with E-state index in [1.807, 2.05) is 29.7 Å². The van der Waals surface area contributed by atoms with Crippen LogP contribution in [0, 0.1) is 0 Å². The third-order valence-electron chi connectivity index (χ3n) is 5.06. The van der Waals surface area contributed by atoms with Gasteiger partial charge in [0.15, 0.2) is 28.2 Å². The predicted molar refractivity (Wildman–Crippen MR) is 111 cm³/mol. The number of aryl methyl sites for hydroxylation is 1. The molecule has 0 fully saturated rings. The number of ether oxygens (including phenoxy) is 1. The summed E-state index contributed by atoms with van der Waals surface area (Å²) < 4.78 is 9.43. The van der Waals surface area contributed by atoms with Gasteiger partial charge in [-0.15, -0.1) is 0 Å². The number of nitrogens with zero attached hydrogens (tertiary/aromatic N) is 4. The van der Waals surface area contributed by atoms with Crippen molar-refractivity contribution in [2.24, 2.45) is 0 Å². The number of methoxy groups -OCH3 is 1. The molecule has 0 spiro atoms. The Balaban J connectivity index is 1.69. The molecule has 0 atom stereocenters. The predicted octanol–water partition coefficient (Wildman–Crippen LogP) is 0.733. The number of nitrogens with two attached hydrogens (primary N) is 1. The largest absolute Gasteiger partial charge is 0.497 e. The van der Waals surface area contributed by atoms with E-state index in [2.05, 4.69) is 24.8 Å². The van der Waals surface area contributed by atoms with Crippen LogP contribution in [0.4, 0.5) is 5.82 Å². The molecule has 0 saturated carbocycles. The number of aromatic nitrogens is 5. The normalized spacial score (nSPS) is 11.3. The van der Waals surface area contributed by atoms with Gasteiger partial charge < -0.3 is 25.9 Å². The van der Waals surface area contributed by atoms with E-state index in [-0.39, 0.29) is 24.7 Å². The lowest BCUT2D eigenvalue weighted by atomic mass is 10.3. The van der Waals surface area contributed by atoms with E-state index in [0.29, 0.717) is 24.3 Å². The minimum Gasteiger partial charge on any atom is -0.497 e. The number of amides is 1. The fourth-order valence-electron chi connectivity index (χ4n) is 3.69. The van der Waals surface area contributed by atoms with E-state index in [1.54, 1.807) is 19.4 Å². The smallest absolute Gasteiger partial charge is 0.277 e. The second kappa shape index (κ2) is 7.99. The number of hydrogen-bond donors (Lipinski definition) is 4. The molecule has 1 aromatic carbocycles. The van der Waals surface area contributed by atoms with Crippen LogP contribution in [0.15, 0.2) is 30.5 Å². The Morgan fingerprint density at radius 3 is 2.93 bits per heavy atom. The van der Waals surface area contributed by atoms with Gasteiger partial charge in [-0.25, -0.2) is 19.1 Å². The number of fused-ring (bicyclic) bond motifs is 2. The summed E-state index contributed by atoms with van der Waals surface area (Å²) in [6.45, 7) is 3.32. The number of anilines is 1. The standard InChI is InChI=1S/C20H23N7O3/c1-3-26-15-10-12(30-2)4-5-14(15)27(8-9-28)16(26)11-23-20(29)17-18(21)25-19-13(24-17)6-7-22-19/h4-7,10,28H,3,8-9,11H2,1-2H3,(H3-,21,22,23,24,25,29)/p+1. The second-order valence-corrected chi connectivity index (χ2v) is 6.74. The topological polar surface area (TPSA) is 135 Å². The summed E-state index contributed by atoms with van der Waals surface area (Å²) in [5.74, 6) is 1.23. The molecule has 1 amide bonds.